The zero-order valence-electron chi connectivity index (χ0n) is 10.6. The Balaban J connectivity index is 3.14. The quantitative estimate of drug-likeness (QED) is 0.617. The van der Waals surface area contributed by atoms with Crippen molar-refractivity contribution in [1.82, 2.24) is 4.90 Å². The highest BCUT2D eigenvalue weighted by molar-refractivity contribution is 6.02. The summed E-state index contributed by atoms with van der Waals surface area (Å²) >= 11 is 0. The molecule has 4 nitrogen and oxygen atoms in total. The Morgan fingerprint density at radius 1 is 1.39 bits per heavy atom. The predicted octanol–water partition coefficient (Wildman–Crippen LogP) is 2.09. The third-order valence-corrected chi connectivity index (χ3v) is 2.48. The highest BCUT2D eigenvalue weighted by Crippen LogP contribution is 2.25. The SMILES string of the molecule is C=CCN(CC=C)C(=O)c1c(N)cccc1OC. The molecule has 0 saturated heterocycles. The highest BCUT2D eigenvalue weighted by atomic mass is 16.5. The molecule has 96 valence electrons. The molecular formula is C14H18N2O2. The molecule has 0 bridgehead atoms. The minimum Gasteiger partial charge on any atom is -0.496 e. The monoisotopic (exact) mass is 246 g/mol. The lowest BCUT2D eigenvalue weighted by Crippen LogP contribution is -2.32. The first-order valence-electron chi connectivity index (χ1n) is 5.59. The van der Waals surface area contributed by atoms with Crippen molar-refractivity contribution in [2.24, 2.45) is 0 Å². The van der Waals surface area contributed by atoms with Gasteiger partial charge in [-0.1, -0.05) is 18.2 Å². The van der Waals surface area contributed by atoms with Crippen LogP contribution in [0.4, 0.5) is 5.69 Å². The maximum atomic E-state index is 12.4. The van der Waals surface area contributed by atoms with Crippen LogP contribution in [0.2, 0.25) is 0 Å². The van der Waals surface area contributed by atoms with Crippen LogP contribution in [-0.2, 0) is 0 Å². The Kier molecular flexibility index (Phi) is 4.99. The van der Waals surface area contributed by atoms with E-state index in [1.54, 1.807) is 35.3 Å². The largest absolute Gasteiger partial charge is 0.496 e. The van der Waals surface area contributed by atoms with Crippen LogP contribution in [0.3, 0.4) is 0 Å². The molecule has 0 aromatic heterocycles. The number of nitrogens with zero attached hydrogens (tertiary/aromatic N) is 1. The van der Waals surface area contributed by atoms with Gasteiger partial charge in [0.15, 0.2) is 0 Å². The number of nitrogen functional groups attached to an aromatic ring is 1. The Labute approximate surface area is 107 Å². The van der Waals surface area contributed by atoms with Gasteiger partial charge in [0.25, 0.3) is 5.91 Å². The van der Waals surface area contributed by atoms with E-state index in [9.17, 15) is 4.79 Å². The summed E-state index contributed by atoms with van der Waals surface area (Å²) in [5.41, 5.74) is 6.63. The second-order valence-corrected chi connectivity index (χ2v) is 3.71. The van der Waals surface area contributed by atoms with Gasteiger partial charge in [-0.15, -0.1) is 13.2 Å². The highest BCUT2D eigenvalue weighted by Gasteiger charge is 2.20. The molecule has 0 aliphatic rings. The van der Waals surface area contributed by atoms with Crippen LogP contribution < -0.4 is 10.5 Å². The van der Waals surface area contributed by atoms with E-state index in [2.05, 4.69) is 13.2 Å². The Morgan fingerprint density at radius 3 is 2.50 bits per heavy atom. The lowest BCUT2D eigenvalue weighted by molar-refractivity contribution is 0.0788. The lowest BCUT2D eigenvalue weighted by atomic mass is 10.1. The van der Waals surface area contributed by atoms with Gasteiger partial charge in [-0.2, -0.15) is 0 Å². The number of hydrogen-bond donors (Lipinski definition) is 1. The summed E-state index contributed by atoms with van der Waals surface area (Å²) in [5, 5.41) is 0. The first-order valence-corrected chi connectivity index (χ1v) is 5.59. The van der Waals surface area contributed by atoms with Crippen molar-refractivity contribution >= 4 is 11.6 Å². The fourth-order valence-electron chi connectivity index (χ4n) is 1.66. The topological polar surface area (TPSA) is 55.6 Å². The van der Waals surface area contributed by atoms with E-state index < -0.39 is 0 Å². The first-order chi connectivity index (χ1) is 8.65. The number of carbonyl (C=O) groups excluding carboxylic acids is 1. The molecule has 1 aromatic rings. The molecule has 0 atom stereocenters. The van der Waals surface area contributed by atoms with Crippen LogP contribution in [0.1, 0.15) is 10.4 Å². The number of nitrogens with two attached hydrogens (primary N) is 1. The van der Waals surface area contributed by atoms with Crippen LogP contribution >= 0.6 is 0 Å². The third-order valence-electron chi connectivity index (χ3n) is 2.48. The summed E-state index contributed by atoms with van der Waals surface area (Å²) in [6.07, 6.45) is 3.32. The number of anilines is 1. The molecule has 4 heteroatoms. The van der Waals surface area contributed by atoms with Gasteiger partial charge in [0.1, 0.15) is 11.3 Å². The minimum atomic E-state index is -0.190. The van der Waals surface area contributed by atoms with Crippen LogP contribution in [-0.4, -0.2) is 31.0 Å². The van der Waals surface area contributed by atoms with Crippen molar-refractivity contribution in [3.05, 3.63) is 49.1 Å². The van der Waals surface area contributed by atoms with E-state index in [4.69, 9.17) is 10.5 Å². The van der Waals surface area contributed by atoms with Crippen molar-refractivity contribution in [3.63, 3.8) is 0 Å². The Morgan fingerprint density at radius 2 is 2.00 bits per heavy atom. The van der Waals surface area contributed by atoms with E-state index in [-0.39, 0.29) is 5.91 Å². The molecule has 18 heavy (non-hydrogen) atoms. The maximum Gasteiger partial charge on any atom is 0.260 e. The molecule has 0 heterocycles. The smallest absolute Gasteiger partial charge is 0.260 e. The molecule has 0 saturated carbocycles. The summed E-state index contributed by atoms with van der Waals surface area (Å²) in [4.78, 5) is 14.0. The number of carbonyl (C=O) groups is 1. The van der Waals surface area contributed by atoms with Gasteiger partial charge in [0.05, 0.1) is 7.11 Å². The summed E-state index contributed by atoms with van der Waals surface area (Å²) in [6, 6.07) is 5.13. The number of benzene rings is 1. The number of hydrogen-bond acceptors (Lipinski definition) is 3. The summed E-state index contributed by atoms with van der Waals surface area (Å²) in [5.74, 6) is 0.280. The summed E-state index contributed by atoms with van der Waals surface area (Å²) in [6.45, 7) is 8.13. The second kappa shape index (κ2) is 6.49. The first kappa shape index (κ1) is 13.8. The van der Waals surface area contributed by atoms with Gasteiger partial charge in [0.2, 0.25) is 0 Å². The van der Waals surface area contributed by atoms with E-state index in [1.807, 2.05) is 0 Å². The standard InChI is InChI=1S/C14H18N2O2/c1-4-9-16(10-5-2)14(17)13-11(15)7-6-8-12(13)18-3/h4-8H,1-2,9-10,15H2,3H3. The lowest BCUT2D eigenvalue weighted by Gasteiger charge is -2.21. The number of amides is 1. The fraction of sp³-hybridized carbons (Fsp3) is 0.214. The van der Waals surface area contributed by atoms with Crippen molar-refractivity contribution in [2.45, 2.75) is 0 Å². The molecule has 2 N–H and O–H groups in total. The van der Waals surface area contributed by atoms with Crippen molar-refractivity contribution in [2.75, 3.05) is 25.9 Å². The van der Waals surface area contributed by atoms with Gasteiger partial charge in [-0.3, -0.25) is 4.79 Å². The van der Waals surface area contributed by atoms with Crippen LogP contribution in [0.5, 0.6) is 5.75 Å². The van der Waals surface area contributed by atoms with Crippen LogP contribution in [0, 0.1) is 0 Å². The van der Waals surface area contributed by atoms with E-state index in [0.717, 1.165) is 0 Å². The molecule has 0 aliphatic heterocycles. The normalized spacial score (nSPS) is 9.61. The third kappa shape index (κ3) is 2.91. The van der Waals surface area contributed by atoms with Gasteiger partial charge < -0.3 is 15.4 Å². The average Bonchev–Trinajstić information content (AvgIpc) is 2.37. The van der Waals surface area contributed by atoms with Gasteiger partial charge in [-0.25, -0.2) is 0 Å². The number of methoxy groups -OCH3 is 1. The van der Waals surface area contributed by atoms with Gasteiger partial charge in [-0.05, 0) is 12.1 Å². The molecule has 0 spiro atoms. The van der Waals surface area contributed by atoms with E-state index in [0.29, 0.717) is 30.1 Å². The molecule has 0 fully saturated rings. The number of rotatable bonds is 6. The van der Waals surface area contributed by atoms with Gasteiger partial charge >= 0.3 is 0 Å². The molecule has 0 radical (unpaired) electrons. The number of ether oxygens (including phenoxy) is 1. The molecule has 0 unspecified atom stereocenters. The summed E-state index contributed by atoms with van der Waals surface area (Å²) in [7, 11) is 1.51. The molecule has 1 rings (SSSR count). The predicted molar refractivity (Wildman–Crippen MR) is 73.7 cm³/mol. The summed E-state index contributed by atoms with van der Waals surface area (Å²) < 4.78 is 5.17. The van der Waals surface area contributed by atoms with E-state index >= 15 is 0 Å². The fourth-order valence-corrected chi connectivity index (χ4v) is 1.66. The molecule has 0 aliphatic carbocycles. The minimum absolute atomic E-state index is 0.190. The molecule has 1 amide bonds. The molecule has 1 aromatic carbocycles. The van der Waals surface area contributed by atoms with Gasteiger partial charge in [0, 0.05) is 18.8 Å². The van der Waals surface area contributed by atoms with Crippen LogP contribution in [0.25, 0.3) is 0 Å². The second-order valence-electron chi connectivity index (χ2n) is 3.71. The maximum absolute atomic E-state index is 12.4. The van der Waals surface area contributed by atoms with Crippen molar-refractivity contribution < 1.29 is 9.53 Å². The van der Waals surface area contributed by atoms with Crippen LogP contribution in [0.15, 0.2) is 43.5 Å². The van der Waals surface area contributed by atoms with Crippen molar-refractivity contribution in [1.29, 1.82) is 0 Å². The van der Waals surface area contributed by atoms with E-state index in [1.165, 1.54) is 7.11 Å². The van der Waals surface area contributed by atoms with Crippen molar-refractivity contribution in [3.8, 4) is 5.75 Å². The average molecular weight is 246 g/mol. The Bertz CT molecular complexity index is 445. The zero-order chi connectivity index (χ0) is 13.5. The Hall–Kier alpha value is -2.23. The molecular weight excluding hydrogens is 228 g/mol. The zero-order valence-corrected chi connectivity index (χ0v) is 10.6.